The third-order valence-electron chi connectivity index (χ3n) is 5.66. The molecule has 166 valence electrons. The molecule has 9 heteroatoms. The molecule has 0 N–H and O–H groups in total. The molecule has 3 heterocycles. The summed E-state index contributed by atoms with van der Waals surface area (Å²) >= 11 is 7.08. The zero-order valence-electron chi connectivity index (χ0n) is 17.4. The number of fused-ring (bicyclic) bond motifs is 2. The van der Waals surface area contributed by atoms with Crippen molar-refractivity contribution in [1.29, 1.82) is 0 Å². The van der Waals surface area contributed by atoms with E-state index in [9.17, 15) is 14.0 Å². The second-order valence-electron chi connectivity index (χ2n) is 7.78. The summed E-state index contributed by atoms with van der Waals surface area (Å²) in [5, 5.41) is 4.96. The minimum Gasteiger partial charge on any atom is -0.303 e. The van der Waals surface area contributed by atoms with E-state index in [-0.39, 0.29) is 22.8 Å². The Balaban J connectivity index is 1.48. The third-order valence-corrected chi connectivity index (χ3v) is 6.95. The molecule has 1 aliphatic rings. The van der Waals surface area contributed by atoms with Crippen LogP contribution in [0.1, 0.15) is 11.1 Å². The Morgan fingerprint density at radius 1 is 0.941 bits per heavy atom. The first-order valence-corrected chi connectivity index (χ1v) is 11.5. The fourth-order valence-electron chi connectivity index (χ4n) is 4.04. The molecule has 0 bridgehead atoms. The van der Waals surface area contributed by atoms with E-state index in [1.54, 1.807) is 41.3 Å². The summed E-state index contributed by atoms with van der Waals surface area (Å²) in [7, 11) is 0. The van der Waals surface area contributed by atoms with E-state index in [2.05, 4.69) is 10.1 Å². The van der Waals surface area contributed by atoms with E-state index in [4.69, 9.17) is 11.6 Å². The van der Waals surface area contributed by atoms with Crippen molar-refractivity contribution < 1.29 is 9.18 Å². The molecule has 0 fully saturated rings. The number of hydrogen-bond acceptors (Lipinski definition) is 5. The first-order valence-electron chi connectivity index (χ1n) is 10.3. The van der Waals surface area contributed by atoms with Gasteiger partial charge in [-0.2, -0.15) is 9.50 Å². The van der Waals surface area contributed by atoms with Gasteiger partial charge in [-0.1, -0.05) is 53.3 Å². The average Bonchev–Trinajstić information content (AvgIpc) is 3.47. The zero-order valence-corrected chi connectivity index (χ0v) is 19.0. The number of rotatable bonds is 3. The monoisotopic (exact) mass is 488 g/mol. The van der Waals surface area contributed by atoms with Crippen LogP contribution in [0.5, 0.6) is 0 Å². The first kappa shape index (κ1) is 20.7. The fraction of sp³-hybridized carbons (Fsp3) is 0.0400. The van der Waals surface area contributed by atoms with Crippen LogP contribution in [0.4, 0.5) is 10.1 Å². The number of carbonyl (C=O) groups is 1. The number of aromatic nitrogens is 3. The second kappa shape index (κ2) is 7.86. The Hall–Kier alpha value is -3.88. The molecule has 5 aromatic rings. The van der Waals surface area contributed by atoms with Gasteiger partial charge < -0.3 is 4.90 Å². The Kier molecular flexibility index (Phi) is 4.79. The van der Waals surface area contributed by atoms with Crippen LogP contribution in [0, 0.1) is 5.82 Å². The smallest absolute Gasteiger partial charge is 0.291 e. The molecule has 34 heavy (non-hydrogen) atoms. The van der Waals surface area contributed by atoms with Crippen molar-refractivity contribution in [2.75, 3.05) is 4.90 Å². The standard InChI is InChI=1S/C25H14ClFN4O2S/c26-16-9-7-15(8-10-16)22-28-25-31(29-22)24(33)21(34-25)20-18-3-1-2-4-19(18)30(23(20)32)13-14-5-11-17(27)12-6-14/h1-12H,13H2/b21-20-. The highest BCUT2D eigenvalue weighted by molar-refractivity contribution is 7.15. The maximum absolute atomic E-state index is 13.5. The average molecular weight is 489 g/mol. The van der Waals surface area contributed by atoms with E-state index in [1.807, 2.05) is 24.3 Å². The maximum Gasteiger partial charge on any atom is 0.291 e. The second-order valence-corrected chi connectivity index (χ2v) is 9.20. The Morgan fingerprint density at radius 3 is 2.41 bits per heavy atom. The Morgan fingerprint density at radius 2 is 1.68 bits per heavy atom. The largest absolute Gasteiger partial charge is 0.303 e. The van der Waals surface area contributed by atoms with Crippen molar-refractivity contribution >= 4 is 45.1 Å². The van der Waals surface area contributed by atoms with Crippen LogP contribution in [0.3, 0.4) is 0 Å². The summed E-state index contributed by atoms with van der Waals surface area (Å²) < 4.78 is 14.9. The van der Waals surface area contributed by atoms with Crippen LogP contribution in [0.25, 0.3) is 21.9 Å². The van der Waals surface area contributed by atoms with Gasteiger partial charge >= 0.3 is 0 Å². The molecular weight excluding hydrogens is 475 g/mol. The van der Waals surface area contributed by atoms with E-state index in [0.717, 1.165) is 22.5 Å². The number of para-hydroxylation sites is 1. The lowest BCUT2D eigenvalue weighted by atomic mass is 10.1. The molecule has 0 saturated carbocycles. The number of thiazole rings is 1. The maximum atomic E-state index is 13.5. The normalized spacial score (nSPS) is 14.8. The quantitative estimate of drug-likeness (QED) is 0.384. The first-order chi connectivity index (χ1) is 16.5. The molecule has 0 saturated heterocycles. The van der Waals surface area contributed by atoms with E-state index in [0.29, 0.717) is 32.6 Å². The molecular formula is C25H14ClFN4O2S. The van der Waals surface area contributed by atoms with Crippen molar-refractivity contribution in [1.82, 2.24) is 14.6 Å². The topological polar surface area (TPSA) is 67.6 Å². The van der Waals surface area contributed by atoms with Crippen molar-refractivity contribution in [2.45, 2.75) is 6.54 Å². The van der Waals surface area contributed by atoms with Gasteiger partial charge in [0.2, 0.25) is 4.96 Å². The van der Waals surface area contributed by atoms with Crippen LogP contribution in [-0.4, -0.2) is 20.5 Å². The Bertz CT molecular complexity index is 1690. The summed E-state index contributed by atoms with van der Waals surface area (Å²) in [6.45, 7) is 0.259. The highest BCUT2D eigenvalue weighted by atomic mass is 35.5. The highest BCUT2D eigenvalue weighted by Gasteiger charge is 2.34. The molecule has 6 nitrogen and oxygen atoms in total. The Labute approximate surface area is 201 Å². The van der Waals surface area contributed by atoms with Gasteiger partial charge in [0.1, 0.15) is 10.3 Å². The van der Waals surface area contributed by atoms with Crippen molar-refractivity contribution in [2.24, 2.45) is 0 Å². The number of halogens is 2. The van der Waals surface area contributed by atoms with E-state index >= 15 is 0 Å². The summed E-state index contributed by atoms with van der Waals surface area (Å²) in [5.74, 6) is -0.217. The summed E-state index contributed by atoms with van der Waals surface area (Å²) in [6.07, 6.45) is 0. The zero-order chi connectivity index (χ0) is 23.4. The molecule has 1 amide bonds. The van der Waals surface area contributed by atoms with E-state index in [1.165, 1.54) is 16.6 Å². The molecule has 0 aliphatic carbocycles. The molecule has 3 aromatic carbocycles. The lowest BCUT2D eigenvalue weighted by molar-refractivity contribution is -0.113. The minimum atomic E-state index is -0.394. The number of hydrogen-bond donors (Lipinski definition) is 0. The van der Waals surface area contributed by atoms with E-state index < -0.39 is 5.56 Å². The summed E-state index contributed by atoms with van der Waals surface area (Å²) in [4.78, 5) is 33.3. The van der Waals surface area contributed by atoms with Gasteiger partial charge in [-0.3, -0.25) is 9.59 Å². The van der Waals surface area contributed by atoms with Gasteiger partial charge in [-0.15, -0.1) is 5.10 Å². The number of amides is 1. The number of nitrogens with zero attached hydrogens (tertiary/aromatic N) is 4. The third kappa shape index (κ3) is 3.30. The van der Waals surface area contributed by atoms with Gasteiger partial charge in [0.25, 0.3) is 11.5 Å². The van der Waals surface area contributed by atoms with Crippen LogP contribution in [0.15, 0.2) is 77.6 Å². The van der Waals surface area contributed by atoms with Crippen molar-refractivity contribution in [3.05, 3.63) is 110 Å². The van der Waals surface area contributed by atoms with Gasteiger partial charge in [0.05, 0.1) is 17.8 Å². The molecule has 2 aromatic heterocycles. The van der Waals surface area contributed by atoms with Crippen LogP contribution in [0.2, 0.25) is 5.02 Å². The molecule has 0 atom stereocenters. The lowest BCUT2D eigenvalue weighted by Crippen LogP contribution is -2.32. The molecule has 0 unspecified atom stereocenters. The summed E-state index contributed by atoms with van der Waals surface area (Å²) in [5.41, 5.74) is 2.83. The molecule has 6 rings (SSSR count). The van der Waals surface area contributed by atoms with Crippen LogP contribution < -0.4 is 15.0 Å². The van der Waals surface area contributed by atoms with Crippen LogP contribution >= 0.6 is 22.9 Å². The van der Waals surface area contributed by atoms with Gasteiger partial charge in [0, 0.05) is 16.1 Å². The highest BCUT2D eigenvalue weighted by Crippen LogP contribution is 2.36. The van der Waals surface area contributed by atoms with Crippen molar-refractivity contribution in [3.63, 3.8) is 0 Å². The molecule has 0 radical (unpaired) electrons. The minimum absolute atomic E-state index is 0.259. The van der Waals surface area contributed by atoms with Gasteiger partial charge in [0.15, 0.2) is 5.82 Å². The fourth-order valence-corrected chi connectivity index (χ4v) is 5.16. The van der Waals surface area contributed by atoms with Crippen molar-refractivity contribution in [3.8, 4) is 11.4 Å². The number of benzene rings is 3. The molecule has 0 spiro atoms. The number of carbonyl (C=O) groups excluding carboxylic acids is 1. The van der Waals surface area contributed by atoms with Gasteiger partial charge in [-0.25, -0.2) is 4.39 Å². The predicted molar refractivity (Wildman–Crippen MR) is 129 cm³/mol. The number of anilines is 1. The van der Waals surface area contributed by atoms with Crippen LogP contribution in [-0.2, 0) is 11.3 Å². The predicted octanol–water partition coefficient (Wildman–Crippen LogP) is 4.08. The lowest BCUT2D eigenvalue weighted by Gasteiger charge is -2.17. The molecule has 1 aliphatic heterocycles. The summed E-state index contributed by atoms with van der Waals surface area (Å²) in [6, 6.07) is 20.4. The van der Waals surface area contributed by atoms with Gasteiger partial charge in [-0.05, 0) is 48.0 Å². The SMILES string of the molecule is O=C1/C(=c2\sc3nc(-c4ccc(Cl)cc4)nn3c2=O)c2ccccc2N1Cc1ccc(F)cc1.